The topological polar surface area (TPSA) is 50.4 Å². The third kappa shape index (κ3) is 5.64. The monoisotopic (exact) mass is 400 g/mol. The summed E-state index contributed by atoms with van der Waals surface area (Å²) in [5.41, 5.74) is 2.41. The minimum Gasteiger partial charge on any atom is -0.489 e. The maximum Gasteiger partial charge on any atom is 0.243 e. The second-order valence-corrected chi connectivity index (χ2v) is 6.59. The number of benzene rings is 3. The van der Waals surface area contributed by atoms with Crippen LogP contribution >= 0.6 is 23.2 Å². The van der Waals surface area contributed by atoms with Gasteiger partial charge in [0.2, 0.25) is 5.91 Å². The lowest BCUT2D eigenvalue weighted by atomic mass is 10.2. The normalized spacial score (nSPS) is 10.3. The predicted octanol–water partition coefficient (Wildman–Crippen LogP) is 5.62. The Morgan fingerprint density at radius 2 is 1.63 bits per heavy atom. The van der Waals surface area contributed by atoms with Crippen molar-refractivity contribution in [1.82, 2.24) is 0 Å². The number of nitrogens with one attached hydrogen (secondary N) is 2. The maximum atomic E-state index is 12.1. The van der Waals surface area contributed by atoms with E-state index in [4.69, 9.17) is 27.9 Å². The first kappa shape index (κ1) is 19.1. The van der Waals surface area contributed by atoms with Crippen LogP contribution in [0.25, 0.3) is 0 Å². The molecule has 0 saturated heterocycles. The Balaban J connectivity index is 1.48. The number of rotatable bonds is 7. The zero-order valence-electron chi connectivity index (χ0n) is 14.4. The van der Waals surface area contributed by atoms with Gasteiger partial charge in [-0.1, -0.05) is 59.6 Å². The molecule has 0 spiro atoms. The second kappa shape index (κ2) is 9.31. The van der Waals surface area contributed by atoms with Crippen LogP contribution in [-0.4, -0.2) is 12.5 Å². The molecule has 1 amide bonds. The van der Waals surface area contributed by atoms with Gasteiger partial charge in [0.15, 0.2) is 0 Å². The summed E-state index contributed by atoms with van der Waals surface area (Å²) in [5, 5.41) is 6.51. The average molecular weight is 401 g/mol. The van der Waals surface area contributed by atoms with E-state index in [1.54, 1.807) is 18.2 Å². The third-order valence-corrected chi connectivity index (χ3v) is 4.60. The molecule has 0 atom stereocenters. The van der Waals surface area contributed by atoms with Crippen molar-refractivity contribution in [2.45, 2.75) is 6.61 Å². The number of amides is 1. The summed E-state index contributed by atoms with van der Waals surface area (Å²) in [6.45, 7) is 0.615. The van der Waals surface area contributed by atoms with E-state index in [9.17, 15) is 4.79 Å². The second-order valence-electron chi connectivity index (χ2n) is 5.80. The summed E-state index contributed by atoms with van der Waals surface area (Å²) in [7, 11) is 0. The number of halogens is 2. The largest absolute Gasteiger partial charge is 0.489 e. The summed E-state index contributed by atoms with van der Waals surface area (Å²) >= 11 is 12.0. The molecule has 0 aliphatic heterocycles. The van der Waals surface area contributed by atoms with Crippen molar-refractivity contribution in [1.29, 1.82) is 0 Å². The van der Waals surface area contributed by atoms with Crippen LogP contribution in [0.3, 0.4) is 0 Å². The molecular formula is C21H18Cl2N2O2. The van der Waals surface area contributed by atoms with Crippen LogP contribution in [0.4, 0.5) is 11.4 Å². The Bertz CT molecular complexity index is 900. The van der Waals surface area contributed by atoms with E-state index >= 15 is 0 Å². The van der Waals surface area contributed by atoms with E-state index in [-0.39, 0.29) is 12.5 Å². The van der Waals surface area contributed by atoms with Gasteiger partial charge < -0.3 is 15.4 Å². The highest BCUT2D eigenvalue weighted by atomic mass is 35.5. The van der Waals surface area contributed by atoms with E-state index in [2.05, 4.69) is 10.6 Å². The lowest BCUT2D eigenvalue weighted by Gasteiger charge is -2.11. The Labute approximate surface area is 168 Å². The smallest absolute Gasteiger partial charge is 0.243 e. The lowest BCUT2D eigenvalue weighted by Crippen LogP contribution is -2.21. The van der Waals surface area contributed by atoms with Crippen LogP contribution in [0.15, 0.2) is 72.8 Å². The van der Waals surface area contributed by atoms with Crippen LogP contribution < -0.4 is 15.4 Å². The fraction of sp³-hybridized carbons (Fsp3) is 0.0952. The van der Waals surface area contributed by atoms with Gasteiger partial charge in [-0.3, -0.25) is 4.79 Å². The summed E-state index contributed by atoms with van der Waals surface area (Å²) in [4.78, 5) is 12.1. The molecule has 0 unspecified atom stereocenters. The van der Waals surface area contributed by atoms with Gasteiger partial charge in [-0.2, -0.15) is 0 Å². The zero-order chi connectivity index (χ0) is 19.1. The molecule has 0 fully saturated rings. The highest BCUT2D eigenvalue weighted by molar-refractivity contribution is 6.44. The van der Waals surface area contributed by atoms with E-state index in [1.165, 1.54) is 0 Å². The number of anilines is 2. The highest BCUT2D eigenvalue weighted by Crippen LogP contribution is 2.29. The number of hydrogen-bond acceptors (Lipinski definition) is 3. The molecule has 2 N–H and O–H groups in total. The molecule has 0 aliphatic rings. The van der Waals surface area contributed by atoms with Crippen LogP contribution in [0, 0.1) is 0 Å². The van der Waals surface area contributed by atoms with Crippen molar-refractivity contribution < 1.29 is 9.53 Å². The molecule has 3 rings (SSSR count). The van der Waals surface area contributed by atoms with Crippen molar-refractivity contribution in [3.05, 3.63) is 88.4 Å². The summed E-state index contributed by atoms with van der Waals surface area (Å²) < 4.78 is 5.74. The molecule has 0 aliphatic carbocycles. The van der Waals surface area contributed by atoms with Gasteiger partial charge in [0.25, 0.3) is 0 Å². The predicted molar refractivity (Wildman–Crippen MR) is 111 cm³/mol. The third-order valence-electron chi connectivity index (χ3n) is 3.78. The van der Waals surface area contributed by atoms with Gasteiger partial charge in [0, 0.05) is 5.69 Å². The first-order valence-corrected chi connectivity index (χ1v) is 9.12. The van der Waals surface area contributed by atoms with Gasteiger partial charge in [-0.05, 0) is 42.0 Å². The Hall–Kier alpha value is -2.69. The molecule has 3 aromatic carbocycles. The highest BCUT2D eigenvalue weighted by Gasteiger charge is 2.08. The summed E-state index contributed by atoms with van der Waals surface area (Å²) in [6.07, 6.45) is 0. The minimum absolute atomic E-state index is 0.104. The van der Waals surface area contributed by atoms with Gasteiger partial charge in [-0.25, -0.2) is 0 Å². The zero-order valence-corrected chi connectivity index (χ0v) is 15.9. The Morgan fingerprint density at radius 3 is 2.37 bits per heavy atom. The fourth-order valence-electron chi connectivity index (χ4n) is 2.39. The molecule has 0 saturated carbocycles. The number of hydrogen-bond donors (Lipinski definition) is 2. The van der Waals surface area contributed by atoms with Gasteiger partial charge in [0.05, 0.1) is 22.3 Å². The van der Waals surface area contributed by atoms with E-state index < -0.39 is 0 Å². The van der Waals surface area contributed by atoms with Crippen molar-refractivity contribution >= 4 is 40.5 Å². The quantitative estimate of drug-likeness (QED) is 0.540. The molecule has 6 heteroatoms. The van der Waals surface area contributed by atoms with Crippen LogP contribution in [-0.2, 0) is 11.4 Å². The number of ether oxygens (including phenoxy) is 1. The average Bonchev–Trinajstić information content (AvgIpc) is 2.70. The summed E-state index contributed by atoms with van der Waals surface area (Å²) in [6, 6.07) is 22.5. The van der Waals surface area contributed by atoms with Crippen LogP contribution in [0.2, 0.25) is 10.0 Å². The van der Waals surface area contributed by atoms with Crippen molar-refractivity contribution in [2.75, 3.05) is 17.2 Å². The number of carbonyl (C=O) groups excluding carboxylic acids is 1. The molecular weight excluding hydrogens is 383 g/mol. The summed E-state index contributed by atoms with van der Waals surface area (Å²) in [5.74, 6) is 0.545. The molecule has 0 bridgehead atoms. The molecule has 3 aromatic rings. The minimum atomic E-state index is -0.219. The Kier molecular flexibility index (Phi) is 6.58. The van der Waals surface area contributed by atoms with E-state index in [0.717, 1.165) is 17.0 Å². The molecule has 27 heavy (non-hydrogen) atoms. The Morgan fingerprint density at radius 1 is 0.889 bits per heavy atom. The lowest BCUT2D eigenvalue weighted by molar-refractivity contribution is -0.114. The van der Waals surface area contributed by atoms with Crippen LogP contribution in [0.5, 0.6) is 5.75 Å². The van der Waals surface area contributed by atoms with Gasteiger partial charge >= 0.3 is 0 Å². The van der Waals surface area contributed by atoms with E-state index in [0.29, 0.717) is 22.3 Å². The van der Waals surface area contributed by atoms with Gasteiger partial charge in [0.1, 0.15) is 12.4 Å². The van der Waals surface area contributed by atoms with Crippen molar-refractivity contribution in [2.24, 2.45) is 0 Å². The molecule has 0 heterocycles. The standard InChI is InChI=1S/C21H18Cl2N2O2/c22-18-7-4-8-19(21(18)23)25-20(26)13-24-16-9-11-17(12-10-16)27-14-15-5-2-1-3-6-15/h1-12,24H,13-14H2,(H,25,26). The van der Waals surface area contributed by atoms with Crippen LogP contribution in [0.1, 0.15) is 5.56 Å². The van der Waals surface area contributed by atoms with Crippen molar-refractivity contribution in [3.63, 3.8) is 0 Å². The molecule has 138 valence electrons. The van der Waals surface area contributed by atoms with Gasteiger partial charge in [-0.15, -0.1) is 0 Å². The number of carbonyl (C=O) groups is 1. The van der Waals surface area contributed by atoms with Crippen molar-refractivity contribution in [3.8, 4) is 5.75 Å². The molecule has 0 aromatic heterocycles. The first-order valence-electron chi connectivity index (χ1n) is 8.36. The maximum absolute atomic E-state index is 12.1. The fourth-order valence-corrected chi connectivity index (χ4v) is 2.73. The molecule has 4 nitrogen and oxygen atoms in total. The van der Waals surface area contributed by atoms with E-state index in [1.807, 2.05) is 54.6 Å². The SMILES string of the molecule is O=C(CNc1ccc(OCc2ccccc2)cc1)Nc1cccc(Cl)c1Cl. The molecule has 0 radical (unpaired) electrons. The first-order chi connectivity index (χ1) is 13.1.